The van der Waals surface area contributed by atoms with Gasteiger partial charge in [0.25, 0.3) is 0 Å². The highest BCUT2D eigenvalue weighted by Crippen LogP contribution is 2.25. The molecule has 0 amide bonds. The van der Waals surface area contributed by atoms with Gasteiger partial charge in [0.1, 0.15) is 5.75 Å². The van der Waals surface area contributed by atoms with Gasteiger partial charge in [0.05, 0.1) is 12.2 Å². The number of ether oxygens (including phenoxy) is 2. The van der Waals surface area contributed by atoms with Crippen molar-refractivity contribution in [1.82, 2.24) is 0 Å². The lowest BCUT2D eigenvalue weighted by atomic mass is 10.1. The Hall–Kier alpha value is -1.72. The molecule has 0 unspecified atom stereocenters. The smallest absolute Gasteiger partial charge is 0.462 e. The molecule has 100 valence electrons. The lowest BCUT2D eigenvalue weighted by molar-refractivity contribution is -0.274. The van der Waals surface area contributed by atoms with Gasteiger partial charge in [-0.05, 0) is 37.1 Å². The molecule has 1 aromatic rings. The second-order valence-corrected chi connectivity index (χ2v) is 3.49. The van der Waals surface area contributed by atoms with Gasteiger partial charge in [0.15, 0.2) is 0 Å². The van der Waals surface area contributed by atoms with Gasteiger partial charge in [-0.1, -0.05) is 6.92 Å². The molecule has 0 aromatic heterocycles. The van der Waals surface area contributed by atoms with Crippen LogP contribution >= 0.6 is 0 Å². The first-order chi connectivity index (χ1) is 8.35. The van der Waals surface area contributed by atoms with Crippen LogP contribution in [0.2, 0.25) is 0 Å². The molecule has 0 fully saturated rings. The van der Waals surface area contributed by atoms with Crippen LogP contribution in [0.5, 0.6) is 5.75 Å². The van der Waals surface area contributed by atoms with Crippen molar-refractivity contribution in [3.63, 3.8) is 0 Å². The van der Waals surface area contributed by atoms with E-state index in [4.69, 9.17) is 4.74 Å². The molecule has 0 radical (unpaired) electrons. The minimum atomic E-state index is -4.78. The van der Waals surface area contributed by atoms with Crippen LogP contribution in [0, 0.1) is 0 Å². The van der Waals surface area contributed by atoms with Crippen molar-refractivity contribution in [3.05, 3.63) is 29.3 Å². The highest BCUT2D eigenvalue weighted by atomic mass is 19.4. The SMILES string of the molecule is CCOC(=O)c1cc(CC)cc(OC(F)(F)F)c1. The summed E-state index contributed by atoms with van der Waals surface area (Å²) in [6.45, 7) is 3.54. The van der Waals surface area contributed by atoms with Gasteiger partial charge in [0, 0.05) is 0 Å². The van der Waals surface area contributed by atoms with Crippen LogP contribution in [-0.2, 0) is 11.2 Å². The topological polar surface area (TPSA) is 35.5 Å². The molecule has 0 spiro atoms. The average Bonchev–Trinajstić information content (AvgIpc) is 2.26. The van der Waals surface area contributed by atoms with Crippen molar-refractivity contribution < 1.29 is 27.4 Å². The fourth-order valence-electron chi connectivity index (χ4n) is 1.39. The maximum atomic E-state index is 12.1. The molecule has 1 aromatic carbocycles. The number of rotatable bonds is 4. The number of aryl methyl sites for hydroxylation is 1. The van der Waals surface area contributed by atoms with E-state index in [0.29, 0.717) is 12.0 Å². The quantitative estimate of drug-likeness (QED) is 0.781. The van der Waals surface area contributed by atoms with E-state index in [0.717, 1.165) is 6.07 Å². The third-order valence-electron chi connectivity index (χ3n) is 2.12. The molecular formula is C12H13F3O3. The summed E-state index contributed by atoms with van der Waals surface area (Å²) in [4.78, 5) is 11.5. The van der Waals surface area contributed by atoms with Gasteiger partial charge in [-0.2, -0.15) is 0 Å². The minimum absolute atomic E-state index is 0.0513. The second-order valence-electron chi connectivity index (χ2n) is 3.49. The summed E-state index contributed by atoms with van der Waals surface area (Å²) in [6, 6.07) is 3.75. The Balaban J connectivity index is 3.05. The Morgan fingerprint density at radius 1 is 1.22 bits per heavy atom. The van der Waals surface area contributed by atoms with Gasteiger partial charge < -0.3 is 9.47 Å². The Bertz CT molecular complexity index is 427. The summed E-state index contributed by atoms with van der Waals surface area (Å²) >= 11 is 0. The number of esters is 1. The number of carbonyl (C=O) groups excluding carboxylic acids is 1. The summed E-state index contributed by atoms with van der Waals surface area (Å²) in [5.74, 6) is -1.08. The van der Waals surface area contributed by atoms with Crippen molar-refractivity contribution in [3.8, 4) is 5.75 Å². The number of alkyl halides is 3. The molecule has 0 bridgehead atoms. The zero-order valence-corrected chi connectivity index (χ0v) is 10.0. The molecular weight excluding hydrogens is 249 g/mol. The monoisotopic (exact) mass is 262 g/mol. The normalized spacial score (nSPS) is 11.2. The van der Waals surface area contributed by atoms with Crippen molar-refractivity contribution in [2.45, 2.75) is 26.6 Å². The van der Waals surface area contributed by atoms with Crippen LogP contribution < -0.4 is 4.74 Å². The van der Waals surface area contributed by atoms with E-state index in [9.17, 15) is 18.0 Å². The van der Waals surface area contributed by atoms with Crippen molar-refractivity contribution in [2.75, 3.05) is 6.61 Å². The first kappa shape index (κ1) is 14.3. The minimum Gasteiger partial charge on any atom is -0.462 e. The highest BCUT2D eigenvalue weighted by Gasteiger charge is 2.31. The van der Waals surface area contributed by atoms with Crippen LogP contribution in [0.3, 0.4) is 0 Å². The van der Waals surface area contributed by atoms with E-state index in [1.54, 1.807) is 13.8 Å². The van der Waals surface area contributed by atoms with Crippen LogP contribution in [0.4, 0.5) is 13.2 Å². The largest absolute Gasteiger partial charge is 0.573 e. The standard InChI is InChI=1S/C12H13F3O3/c1-3-8-5-9(11(16)17-4-2)7-10(6-8)18-12(13,14)15/h5-7H,3-4H2,1-2H3. The van der Waals surface area contributed by atoms with E-state index >= 15 is 0 Å². The first-order valence-corrected chi connectivity index (χ1v) is 5.42. The van der Waals surface area contributed by atoms with E-state index in [-0.39, 0.29) is 12.2 Å². The molecule has 0 atom stereocenters. The summed E-state index contributed by atoms with van der Waals surface area (Å²) in [6.07, 6.45) is -4.29. The van der Waals surface area contributed by atoms with Gasteiger partial charge in [0.2, 0.25) is 0 Å². The molecule has 3 nitrogen and oxygen atoms in total. The molecule has 6 heteroatoms. The predicted molar refractivity (Wildman–Crippen MR) is 58.5 cm³/mol. The van der Waals surface area contributed by atoms with E-state index in [1.165, 1.54) is 12.1 Å². The Kier molecular flexibility index (Phi) is 4.58. The summed E-state index contributed by atoms with van der Waals surface area (Å²) in [7, 11) is 0. The zero-order chi connectivity index (χ0) is 13.8. The van der Waals surface area contributed by atoms with Gasteiger partial charge in [-0.15, -0.1) is 13.2 Å². The predicted octanol–water partition coefficient (Wildman–Crippen LogP) is 3.32. The summed E-state index contributed by atoms with van der Waals surface area (Å²) in [5.41, 5.74) is 0.621. The van der Waals surface area contributed by atoms with Crippen molar-refractivity contribution in [1.29, 1.82) is 0 Å². The van der Waals surface area contributed by atoms with E-state index in [1.807, 2.05) is 0 Å². The van der Waals surface area contributed by atoms with Crippen molar-refractivity contribution >= 4 is 5.97 Å². The Labute approximate surface area is 103 Å². The molecule has 1 rings (SSSR count). The molecule has 0 aliphatic heterocycles. The number of hydrogen-bond acceptors (Lipinski definition) is 3. The fourth-order valence-corrected chi connectivity index (χ4v) is 1.39. The third-order valence-corrected chi connectivity index (χ3v) is 2.12. The molecule has 0 N–H and O–H groups in total. The van der Waals surface area contributed by atoms with Crippen molar-refractivity contribution in [2.24, 2.45) is 0 Å². The molecule has 0 saturated carbocycles. The van der Waals surface area contributed by atoms with E-state index < -0.39 is 18.1 Å². The van der Waals surface area contributed by atoms with Gasteiger partial charge in [-0.3, -0.25) is 0 Å². The number of benzene rings is 1. The van der Waals surface area contributed by atoms with Crippen LogP contribution in [-0.4, -0.2) is 18.9 Å². The molecule has 0 aliphatic carbocycles. The molecule has 0 aliphatic rings. The van der Waals surface area contributed by atoms with Crippen LogP contribution in [0.1, 0.15) is 29.8 Å². The Morgan fingerprint density at radius 3 is 2.39 bits per heavy atom. The lowest BCUT2D eigenvalue weighted by Crippen LogP contribution is -2.17. The summed E-state index contributed by atoms with van der Waals surface area (Å²) in [5, 5.41) is 0. The summed E-state index contributed by atoms with van der Waals surface area (Å²) < 4.78 is 44.9. The molecule has 0 saturated heterocycles. The van der Waals surface area contributed by atoms with Gasteiger partial charge in [-0.25, -0.2) is 4.79 Å². The molecule has 0 heterocycles. The highest BCUT2D eigenvalue weighted by molar-refractivity contribution is 5.90. The maximum absolute atomic E-state index is 12.1. The number of carbonyl (C=O) groups is 1. The van der Waals surface area contributed by atoms with Crippen LogP contribution in [0.25, 0.3) is 0 Å². The first-order valence-electron chi connectivity index (χ1n) is 5.42. The Morgan fingerprint density at radius 2 is 1.89 bits per heavy atom. The second kappa shape index (κ2) is 5.75. The van der Waals surface area contributed by atoms with E-state index in [2.05, 4.69) is 4.74 Å². The number of hydrogen-bond donors (Lipinski definition) is 0. The maximum Gasteiger partial charge on any atom is 0.573 e. The van der Waals surface area contributed by atoms with Gasteiger partial charge >= 0.3 is 12.3 Å². The lowest BCUT2D eigenvalue weighted by Gasteiger charge is -2.11. The third kappa shape index (κ3) is 4.27. The fraction of sp³-hybridized carbons (Fsp3) is 0.417. The zero-order valence-electron chi connectivity index (χ0n) is 10.0. The average molecular weight is 262 g/mol. The number of halogens is 3. The molecule has 18 heavy (non-hydrogen) atoms. The van der Waals surface area contributed by atoms with Crippen LogP contribution in [0.15, 0.2) is 18.2 Å².